The molecule has 0 saturated heterocycles. The number of carbonyl (C=O) groups is 1. The molecule has 0 aliphatic carbocycles. The summed E-state index contributed by atoms with van der Waals surface area (Å²) in [6.07, 6.45) is 17.0. The molecule has 23 heavy (non-hydrogen) atoms. The van der Waals surface area contributed by atoms with E-state index in [1.807, 2.05) is 35.3 Å². The van der Waals surface area contributed by atoms with E-state index in [4.69, 9.17) is 0 Å². The Hall–Kier alpha value is -2.62. The van der Waals surface area contributed by atoms with E-state index in [2.05, 4.69) is 37.3 Å². The maximum atomic E-state index is 12.0. The molecular formula is C19H25N3O. The molecule has 0 unspecified atom stereocenters. The van der Waals surface area contributed by atoms with E-state index in [1.165, 1.54) is 0 Å². The van der Waals surface area contributed by atoms with Crippen molar-refractivity contribution in [2.75, 3.05) is 6.54 Å². The first-order valence-electron chi connectivity index (χ1n) is 7.66. The monoisotopic (exact) mass is 311 g/mol. The van der Waals surface area contributed by atoms with E-state index >= 15 is 0 Å². The van der Waals surface area contributed by atoms with E-state index < -0.39 is 0 Å². The lowest BCUT2D eigenvalue weighted by Crippen LogP contribution is -2.25. The van der Waals surface area contributed by atoms with Crippen LogP contribution >= 0.6 is 0 Å². The summed E-state index contributed by atoms with van der Waals surface area (Å²) in [5.74, 6) is -0.120. The average molecular weight is 311 g/mol. The maximum absolute atomic E-state index is 12.0. The van der Waals surface area contributed by atoms with Gasteiger partial charge in [-0.25, -0.2) is 0 Å². The highest BCUT2D eigenvalue weighted by Gasteiger charge is 2.06. The van der Waals surface area contributed by atoms with Gasteiger partial charge < -0.3 is 10.2 Å². The van der Waals surface area contributed by atoms with Crippen molar-refractivity contribution >= 4 is 12.1 Å². The van der Waals surface area contributed by atoms with Crippen molar-refractivity contribution in [3.63, 3.8) is 0 Å². The number of carbonyl (C=O) groups excluding carboxylic acids is 1. The molecule has 1 rings (SSSR count). The predicted molar refractivity (Wildman–Crippen MR) is 97.9 cm³/mol. The molecular weight excluding hydrogens is 286 g/mol. The highest BCUT2D eigenvalue weighted by atomic mass is 16.1. The van der Waals surface area contributed by atoms with Crippen LogP contribution in [0.25, 0.3) is 0 Å². The van der Waals surface area contributed by atoms with Crippen LogP contribution < -0.4 is 5.32 Å². The Morgan fingerprint density at radius 3 is 2.91 bits per heavy atom. The molecule has 0 spiro atoms. The molecule has 0 fully saturated rings. The highest BCUT2D eigenvalue weighted by molar-refractivity contribution is 6.12. The summed E-state index contributed by atoms with van der Waals surface area (Å²) in [5.41, 5.74) is 1.55. The minimum Gasteiger partial charge on any atom is -0.349 e. The Balaban J connectivity index is 2.53. The minimum absolute atomic E-state index is 0.120. The third-order valence-corrected chi connectivity index (χ3v) is 3.18. The molecule has 4 nitrogen and oxygen atoms in total. The van der Waals surface area contributed by atoms with E-state index in [0.717, 1.165) is 12.1 Å². The summed E-state index contributed by atoms with van der Waals surface area (Å²) in [4.78, 5) is 18.0. The van der Waals surface area contributed by atoms with Gasteiger partial charge in [0.2, 0.25) is 0 Å². The molecule has 0 radical (unpaired) electrons. The Morgan fingerprint density at radius 2 is 2.26 bits per heavy atom. The van der Waals surface area contributed by atoms with Crippen LogP contribution in [0.3, 0.4) is 0 Å². The number of amides is 1. The van der Waals surface area contributed by atoms with E-state index in [9.17, 15) is 4.79 Å². The first-order chi connectivity index (χ1) is 11.1. The molecule has 1 aliphatic rings. The smallest absolute Gasteiger partial charge is 0.252 e. The molecule has 122 valence electrons. The lowest BCUT2D eigenvalue weighted by atomic mass is 10.2. The quantitative estimate of drug-likeness (QED) is 0.697. The van der Waals surface area contributed by atoms with E-state index in [0.29, 0.717) is 18.2 Å². The average Bonchev–Trinajstić information content (AvgIpc) is 2.82. The summed E-state index contributed by atoms with van der Waals surface area (Å²) < 4.78 is 0. The van der Waals surface area contributed by atoms with Gasteiger partial charge in [0, 0.05) is 30.7 Å². The van der Waals surface area contributed by atoms with Crippen molar-refractivity contribution in [3.8, 4) is 0 Å². The van der Waals surface area contributed by atoms with Crippen LogP contribution in [0, 0.1) is 0 Å². The largest absolute Gasteiger partial charge is 0.349 e. The second-order valence-electron chi connectivity index (χ2n) is 5.18. The van der Waals surface area contributed by atoms with Crippen LogP contribution in [0.4, 0.5) is 0 Å². The second kappa shape index (κ2) is 10.2. The van der Waals surface area contributed by atoms with Gasteiger partial charge in [0.1, 0.15) is 0 Å². The standard InChI is InChI=1S/C19H25N3O/c1-5-18(22(6-2)16(3)4)12-8-10-14-21-19(23)17-11-7-9-13-20-15-17/h5-6,8-13,15-16H,1-2,7,14H2,3-4H3,(H,21,23)/b10-8+,18-12+. The van der Waals surface area contributed by atoms with Gasteiger partial charge in [-0.2, -0.15) is 0 Å². The second-order valence-corrected chi connectivity index (χ2v) is 5.18. The fraction of sp³-hybridized carbons (Fsp3) is 0.263. The molecule has 1 heterocycles. The topological polar surface area (TPSA) is 44.7 Å². The Labute approximate surface area is 139 Å². The van der Waals surface area contributed by atoms with Gasteiger partial charge in [0.15, 0.2) is 0 Å². The molecule has 0 aromatic rings. The molecule has 4 heteroatoms. The van der Waals surface area contributed by atoms with Gasteiger partial charge in [-0.3, -0.25) is 9.79 Å². The molecule has 0 aromatic carbocycles. The van der Waals surface area contributed by atoms with Crippen molar-refractivity contribution in [1.82, 2.24) is 10.2 Å². The number of hydrogen-bond donors (Lipinski definition) is 1. The molecule has 0 bridgehead atoms. The molecule has 1 N–H and O–H groups in total. The summed E-state index contributed by atoms with van der Waals surface area (Å²) in [7, 11) is 0. The Bertz CT molecular complexity index is 577. The van der Waals surface area contributed by atoms with Gasteiger partial charge in [0.05, 0.1) is 5.57 Å². The van der Waals surface area contributed by atoms with Crippen molar-refractivity contribution in [1.29, 1.82) is 0 Å². The van der Waals surface area contributed by atoms with Crippen LogP contribution in [0.15, 0.2) is 78.3 Å². The predicted octanol–water partition coefficient (Wildman–Crippen LogP) is 3.50. The van der Waals surface area contributed by atoms with Gasteiger partial charge in [0.25, 0.3) is 5.91 Å². The fourth-order valence-corrected chi connectivity index (χ4v) is 2.01. The third kappa shape index (κ3) is 6.34. The van der Waals surface area contributed by atoms with Crippen LogP contribution in [0.2, 0.25) is 0 Å². The summed E-state index contributed by atoms with van der Waals surface area (Å²) in [6.45, 7) is 12.2. The SMILES string of the molecule is C=C/C(=C\C=C\CNC(=O)C1=CCC=CN=C1)N(C=C)C(C)C. The van der Waals surface area contributed by atoms with Crippen LogP contribution in [-0.2, 0) is 4.79 Å². The number of hydrogen-bond acceptors (Lipinski definition) is 3. The number of rotatable bonds is 8. The van der Waals surface area contributed by atoms with Gasteiger partial charge in [-0.15, -0.1) is 0 Å². The zero-order valence-corrected chi connectivity index (χ0v) is 13.9. The highest BCUT2D eigenvalue weighted by Crippen LogP contribution is 2.10. The minimum atomic E-state index is -0.120. The molecule has 1 amide bonds. The first-order valence-corrected chi connectivity index (χ1v) is 7.66. The Kier molecular flexibility index (Phi) is 8.14. The van der Waals surface area contributed by atoms with Gasteiger partial charge >= 0.3 is 0 Å². The van der Waals surface area contributed by atoms with E-state index in [1.54, 1.807) is 24.7 Å². The van der Waals surface area contributed by atoms with Crippen molar-refractivity contribution in [2.24, 2.45) is 4.99 Å². The zero-order chi connectivity index (χ0) is 17.1. The number of allylic oxidation sites excluding steroid dienone is 5. The van der Waals surface area contributed by atoms with Crippen molar-refractivity contribution < 1.29 is 4.79 Å². The lowest BCUT2D eigenvalue weighted by Gasteiger charge is -2.25. The molecule has 0 saturated carbocycles. The summed E-state index contributed by atoms with van der Waals surface area (Å²) in [5, 5.41) is 2.84. The van der Waals surface area contributed by atoms with Crippen molar-refractivity contribution in [3.05, 3.63) is 73.3 Å². The Morgan fingerprint density at radius 1 is 1.48 bits per heavy atom. The maximum Gasteiger partial charge on any atom is 0.252 e. The third-order valence-electron chi connectivity index (χ3n) is 3.18. The molecule has 1 aliphatic heterocycles. The molecule has 0 aromatic heterocycles. The zero-order valence-electron chi connectivity index (χ0n) is 13.9. The number of nitrogens with zero attached hydrogens (tertiary/aromatic N) is 2. The van der Waals surface area contributed by atoms with Crippen LogP contribution in [0.1, 0.15) is 20.3 Å². The number of nitrogens with one attached hydrogen (secondary N) is 1. The lowest BCUT2D eigenvalue weighted by molar-refractivity contribution is -0.116. The summed E-state index contributed by atoms with van der Waals surface area (Å²) >= 11 is 0. The van der Waals surface area contributed by atoms with Gasteiger partial charge in [-0.1, -0.05) is 37.5 Å². The van der Waals surface area contributed by atoms with Crippen molar-refractivity contribution in [2.45, 2.75) is 26.3 Å². The van der Waals surface area contributed by atoms with Crippen LogP contribution in [0.5, 0.6) is 0 Å². The van der Waals surface area contributed by atoms with Crippen LogP contribution in [-0.4, -0.2) is 29.6 Å². The normalized spacial score (nSPS) is 14.6. The summed E-state index contributed by atoms with van der Waals surface area (Å²) in [6, 6.07) is 0.305. The fourth-order valence-electron chi connectivity index (χ4n) is 2.01. The first kappa shape index (κ1) is 18.4. The van der Waals surface area contributed by atoms with Gasteiger partial charge in [-0.05, 0) is 38.6 Å². The molecule has 0 atom stereocenters. The van der Waals surface area contributed by atoms with E-state index in [-0.39, 0.29) is 5.91 Å². The number of aliphatic imine (C=N–C) groups is 1.